The smallest absolute Gasteiger partial charge is 0.0444 e. The predicted octanol–water partition coefficient (Wildman–Crippen LogP) is 4.16. The van der Waals surface area contributed by atoms with E-state index >= 15 is 0 Å². The highest BCUT2D eigenvalue weighted by Gasteiger charge is 2.19. The Kier molecular flexibility index (Phi) is 2.47. The van der Waals surface area contributed by atoms with Gasteiger partial charge in [-0.2, -0.15) is 0 Å². The van der Waals surface area contributed by atoms with Crippen molar-refractivity contribution in [3.05, 3.63) is 52.6 Å². The summed E-state index contributed by atoms with van der Waals surface area (Å²) in [7, 11) is 0. The first-order chi connectivity index (χ1) is 6.74. The Morgan fingerprint density at radius 3 is 2.86 bits per heavy atom. The monoisotopic (exact) mass is 204 g/mol. The van der Waals surface area contributed by atoms with Crippen molar-refractivity contribution in [1.29, 1.82) is 0 Å². The van der Waals surface area contributed by atoms with Crippen molar-refractivity contribution in [2.45, 2.75) is 19.8 Å². The molecule has 0 aliphatic heterocycles. The van der Waals surface area contributed by atoms with Gasteiger partial charge in [-0.15, -0.1) is 0 Å². The van der Waals surface area contributed by atoms with Crippen LogP contribution in [-0.2, 0) is 6.42 Å². The Bertz CT molecular complexity index is 413. The summed E-state index contributed by atoms with van der Waals surface area (Å²) in [5.41, 5.74) is 5.34. The Labute approximate surface area is 89.9 Å². The Morgan fingerprint density at radius 2 is 2.14 bits per heavy atom. The maximum atomic E-state index is 6.15. The van der Waals surface area contributed by atoms with Gasteiger partial charge in [-0.3, -0.25) is 0 Å². The molecule has 72 valence electrons. The van der Waals surface area contributed by atoms with E-state index in [2.05, 4.69) is 25.6 Å². The molecule has 2 rings (SSSR count). The lowest BCUT2D eigenvalue weighted by Gasteiger charge is -2.06. The summed E-state index contributed by atoms with van der Waals surface area (Å²) in [4.78, 5) is 0. The molecular weight excluding hydrogens is 192 g/mol. The van der Waals surface area contributed by atoms with Crippen LogP contribution >= 0.6 is 11.6 Å². The highest BCUT2D eigenvalue weighted by Crippen LogP contribution is 2.38. The number of rotatable bonds is 1. The molecule has 0 heterocycles. The first-order valence-corrected chi connectivity index (χ1v) is 5.21. The van der Waals surface area contributed by atoms with Crippen LogP contribution in [0.15, 0.2) is 30.9 Å². The molecule has 0 aromatic heterocycles. The van der Waals surface area contributed by atoms with Crippen molar-refractivity contribution >= 4 is 17.2 Å². The Balaban J connectivity index is 2.64. The van der Waals surface area contributed by atoms with Crippen LogP contribution in [-0.4, -0.2) is 0 Å². The van der Waals surface area contributed by atoms with Crippen molar-refractivity contribution in [3.8, 4) is 0 Å². The second kappa shape index (κ2) is 3.62. The molecule has 0 unspecified atom stereocenters. The first-order valence-electron chi connectivity index (χ1n) is 4.84. The predicted molar refractivity (Wildman–Crippen MR) is 62.7 cm³/mol. The highest BCUT2D eigenvalue weighted by molar-refractivity contribution is 6.31. The lowest BCUT2D eigenvalue weighted by atomic mass is 10.0. The third kappa shape index (κ3) is 1.40. The molecule has 0 saturated heterocycles. The highest BCUT2D eigenvalue weighted by atomic mass is 35.5. The number of fused-ring (bicyclic) bond motifs is 1. The average Bonchev–Trinajstić information content (AvgIpc) is 2.58. The number of hydrogen-bond donors (Lipinski definition) is 0. The molecule has 0 radical (unpaired) electrons. The molecule has 0 saturated carbocycles. The molecule has 14 heavy (non-hydrogen) atoms. The summed E-state index contributed by atoms with van der Waals surface area (Å²) in [6.45, 7) is 5.88. The molecular formula is C13H13Cl. The van der Waals surface area contributed by atoms with E-state index in [0.29, 0.717) is 0 Å². The third-order valence-corrected chi connectivity index (χ3v) is 3.10. The van der Waals surface area contributed by atoms with Gasteiger partial charge in [-0.1, -0.05) is 36.4 Å². The minimum absolute atomic E-state index is 0.901. The topological polar surface area (TPSA) is 0 Å². The van der Waals surface area contributed by atoms with Gasteiger partial charge in [0.25, 0.3) is 0 Å². The standard InChI is InChI=1S/C13H13Cl/c1-3-4-10-6-7-11-12(14)8-5-9(2)13(10)11/h3-5,8H,1,6-7H2,2H3/b10-4+. The molecule has 0 amide bonds. The van der Waals surface area contributed by atoms with Crippen LogP contribution in [0.4, 0.5) is 0 Å². The largest absolute Gasteiger partial charge is 0.0991 e. The summed E-state index contributed by atoms with van der Waals surface area (Å²) in [6.07, 6.45) is 6.10. The van der Waals surface area contributed by atoms with Crippen molar-refractivity contribution in [2.24, 2.45) is 0 Å². The maximum Gasteiger partial charge on any atom is 0.0444 e. The summed E-state index contributed by atoms with van der Waals surface area (Å²) in [6, 6.07) is 4.08. The number of aryl methyl sites for hydroxylation is 1. The van der Waals surface area contributed by atoms with Crippen molar-refractivity contribution in [1.82, 2.24) is 0 Å². The van der Waals surface area contributed by atoms with E-state index in [1.807, 2.05) is 12.1 Å². The minimum Gasteiger partial charge on any atom is -0.0991 e. The van der Waals surface area contributed by atoms with E-state index in [1.54, 1.807) is 0 Å². The fraction of sp³-hybridized carbons (Fsp3) is 0.231. The van der Waals surface area contributed by atoms with Gasteiger partial charge in [0.05, 0.1) is 0 Å². The lowest BCUT2D eigenvalue weighted by Crippen LogP contribution is -1.87. The fourth-order valence-electron chi connectivity index (χ4n) is 2.12. The summed E-state index contributed by atoms with van der Waals surface area (Å²) >= 11 is 6.15. The molecule has 1 aliphatic carbocycles. The number of halogens is 1. The summed E-state index contributed by atoms with van der Waals surface area (Å²) in [5, 5.41) is 0.901. The second-order valence-corrected chi connectivity index (χ2v) is 4.05. The van der Waals surface area contributed by atoms with Crippen LogP contribution in [0.1, 0.15) is 23.1 Å². The van der Waals surface area contributed by atoms with E-state index in [9.17, 15) is 0 Å². The lowest BCUT2D eigenvalue weighted by molar-refractivity contribution is 1.08. The summed E-state index contributed by atoms with van der Waals surface area (Å²) < 4.78 is 0. The molecule has 0 fully saturated rings. The molecule has 1 aliphatic rings. The van der Waals surface area contributed by atoms with Crippen LogP contribution in [0.3, 0.4) is 0 Å². The summed E-state index contributed by atoms with van der Waals surface area (Å²) in [5.74, 6) is 0. The van der Waals surface area contributed by atoms with Gasteiger partial charge in [0, 0.05) is 5.02 Å². The van der Waals surface area contributed by atoms with Gasteiger partial charge in [-0.25, -0.2) is 0 Å². The molecule has 1 heteroatoms. The third-order valence-electron chi connectivity index (χ3n) is 2.75. The Hall–Kier alpha value is -1.01. The van der Waals surface area contributed by atoms with E-state index in [-0.39, 0.29) is 0 Å². The van der Waals surface area contributed by atoms with Crippen molar-refractivity contribution in [2.75, 3.05) is 0 Å². The number of allylic oxidation sites excluding steroid dienone is 3. The maximum absolute atomic E-state index is 6.15. The van der Waals surface area contributed by atoms with E-state index < -0.39 is 0 Å². The molecule has 0 N–H and O–H groups in total. The second-order valence-electron chi connectivity index (χ2n) is 3.65. The van der Waals surface area contributed by atoms with Crippen LogP contribution in [0, 0.1) is 6.92 Å². The normalized spacial score (nSPS) is 17.1. The van der Waals surface area contributed by atoms with Crippen LogP contribution in [0.5, 0.6) is 0 Å². The minimum atomic E-state index is 0.901. The number of hydrogen-bond acceptors (Lipinski definition) is 0. The van der Waals surface area contributed by atoms with Crippen LogP contribution < -0.4 is 0 Å². The van der Waals surface area contributed by atoms with Gasteiger partial charge in [0.1, 0.15) is 0 Å². The SMILES string of the molecule is C=C/C=C1\CCc2c(Cl)ccc(C)c21. The zero-order valence-corrected chi connectivity index (χ0v) is 9.06. The molecule has 0 nitrogen and oxygen atoms in total. The van der Waals surface area contributed by atoms with Gasteiger partial charge in [0.15, 0.2) is 0 Å². The van der Waals surface area contributed by atoms with Crippen molar-refractivity contribution in [3.63, 3.8) is 0 Å². The Morgan fingerprint density at radius 1 is 1.36 bits per heavy atom. The molecule has 1 aromatic rings. The van der Waals surface area contributed by atoms with E-state index in [4.69, 9.17) is 11.6 Å². The van der Waals surface area contributed by atoms with Crippen LogP contribution in [0.25, 0.3) is 5.57 Å². The van der Waals surface area contributed by atoms with Gasteiger partial charge < -0.3 is 0 Å². The zero-order valence-electron chi connectivity index (χ0n) is 8.31. The zero-order chi connectivity index (χ0) is 10.1. The quantitative estimate of drug-likeness (QED) is 0.644. The fourth-order valence-corrected chi connectivity index (χ4v) is 2.38. The first kappa shape index (κ1) is 9.54. The van der Waals surface area contributed by atoms with Gasteiger partial charge in [-0.05, 0) is 48.1 Å². The average molecular weight is 205 g/mol. The molecule has 0 bridgehead atoms. The van der Waals surface area contributed by atoms with E-state index in [0.717, 1.165) is 17.9 Å². The number of benzene rings is 1. The van der Waals surface area contributed by atoms with Gasteiger partial charge >= 0.3 is 0 Å². The van der Waals surface area contributed by atoms with Crippen molar-refractivity contribution < 1.29 is 0 Å². The van der Waals surface area contributed by atoms with Gasteiger partial charge in [0.2, 0.25) is 0 Å². The molecule has 0 atom stereocenters. The molecule has 0 spiro atoms. The van der Waals surface area contributed by atoms with Crippen LogP contribution in [0.2, 0.25) is 5.02 Å². The molecule has 1 aromatic carbocycles. The van der Waals surface area contributed by atoms with E-state index in [1.165, 1.54) is 22.3 Å².